The van der Waals surface area contributed by atoms with Crippen molar-refractivity contribution in [3.63, 3.8) is 0 Å². The molecule has 0 aromatic heterocycles. The van der Waals surface area contributed by atoms with Crippen LogP contribution >= 0.6 is 0 Å². The van der Waals surface area contributed by atoms with Gasteiger partial charge in [-0.1, -0.05) is 12.1 Å². The number of ether oxygens (including phenoxy) is 1. The van der Waals surface area contributed by atoms with Gasteiger partial charge in [0.1, 0.15) is 19.0 Å². The summed E-state index contributed by atoms with van der Waals surface area (Å²) in [6.07, 6.45) is 0. The third-order valence-electron chi connectivity index (χ3n) is 2.12. The van der Waals surface area contributed by atoms with Gasteiger partial charge in [-0.15, -0.1) is 0 Å². The Kier molecular flexibility index (Phi) is 3.65. The van der Waals surface area contributed by atoms with Gasteiger partial charge in [-0.2, -0.15) is 0 Å². The Hall–Kier alpha value is -1.35. The van der Waals surface area contributed by atoms with Crippen molar-refractivity contribution in [1.29, 1.82) is 0 Å². The molecule has 0 aliphatic carbocycles. The molecular weight excluding hydrogens is 180 g/mol. The fourth-order valence-electron chi connectivity index (χ4n) is 1.08. The van der Waals surface area contributed by atoms with Crippen molar-refractivity contribution in [2.45, 2.75) is 13.8 Å². The van der Waals surface area contributed by atoms with Gasteiger partial charge in [0.05, 0.1) is 0 Å². The predicted octanol–water partition coefficient (Wildman–Crippen LogP) is 1.24. The molecule has 0 fully saturated rings. The highest BCUT2D eigenvalue weighted by atomic mass is 16.5. The van der Waals surface area contributed by atoms with Gasteiger partial charge in [-0.25, -0.2) is 0 Å². The average Bonchev–Trinajstić information content (AvgIpc) is 2.20. The molecule has 0 aliphatic rings. The topological polar surface area (TPSA) is 46.5 Å². The minimum absolute atomic E-state index is 0.0687. The van der Waals surface area contributed by atoms with E-state index in [0.29, 0.717) is 5.75 Å². The predicted molar refractivity (Wildman–Crippen MR) is 53.5 cm³/mol. The molecule has 0 bridgehead atoms. The highest BCUT2D eigenvalue weighted by molar-refractivity contribution is 5.80. The summed E-state index contributed by atoms with van der Waals surface area (Å²) < 4.78 is 5.26. The maximum atomic E-state index is 10.8. The van der Waals surface area contributed by atoms with Crippen molar-refractivity contribution in [3.05, 3.63) is 29.3 Å². The van der Waals surface area contributed by atoms with E-state index in [1.807, 2.05) is 32.0 Å². The molecule has 76 valence electrons. The van der Waals surface area contributed by atoms with E-state index >= 15 is 0 Å². The second-order valence-electron chi connectivity index (χ2n) is 3.18. The Labute approximate surface area is 83.3 Å². The van der Waals surface area contributed by atoms with E-state index in [1.54, 1.807) is 0 Å². The lowest BCUT2D eigenvalue weighted by Gasteiger charge is -2.09. The van der Waals surface area contributed by atoms with E-state index in [1.165, 1.54) is 0 Å². The summed E-state index contributed by atoms with van der Waals surface area (Å²) in [5.74, 6) is 0.387. The van der Waals surface area contributed by atoms with Crippen LogP contribution in [0.3, 0.4) is 0 Å². The normalized spacial score (nSPS) is 9.93. The number of benzene rings is 1. The van der Waals surface area contributed by atoms with Gasteiger partial charge in [0.2, 0.25) is 0 Å². The molecule has 0 atom stereocenters. The Morgan fingerprint density at radius 3 is 2.79 bits per heavy atom. The molecule has 0 heterocycles. The maximum Gasteiger partial charge on any atom is 0.195 e. The van der Waals surface area contributed by atoms with E-state index in [-0.39, 0.29) is 12.4 Å². The van der Waals surface area contributed by atoms with Crippen LogP contribution in [0.4, 0.5) is 0 Å². The fraction of sp³-hybridized carbons (Fsp3) is 0.364. The van der Waals surface area contributed by atoms with Crippen LogP contribution in [-0.2, 0) is 4.79 Å². The number of carbonyl (C=O) groups is 1. The van der Waals surface area contributed by atoms with Gasteiger partial charge in [-0.05, 0) is 31.0 Å². The van der Waals surface area contributed by atoms with Crippen LogP contribution in [0.1, 0.15) is 11.1 Å². The number of Topliss-reactive ketones (excluding diaryl/α,β-unsaturated/α-hetero) is 1. The second-order valence-corrected chi connectivity index (χ2v) is 3.18. The molecule has 0 radical (unpaired) electrons. The lowest BCUT2D eigenvalue weighted by atomic mass is 10.1. The Bertz CT molecular complexity index is 331. The summed E-state index contributed by atoms with van der Waals surface area (Å²) in [5.41, 5.74) is 2.15. The SMILES string of the molecule is Cc1cccc(OCC(=O)CO)c1C. The number of hydrogen-bond donors (Lipinski definition) is 1. The molecule has 0 saturated carbocycles. The summed E-state index contributed by atoms with van der Waals surface area (Å²) in [6, 6.07) is 5.67. The van der Waals surface area contributed by atoms with Crippen molar-refractivity contribution in [2.24, 2.45) is 0 Å². The monoisotopic (exact) mass is 194 g/mol. The van der Waals surface area contributed by atoms with Crippen molar-refractivity contribution >= 4 is 5.78 Å². The van der Waals surface area contributed by atoms with Crippen LogP contribution in [0.2, 0.25) is 0 Å². The lowest BCUT2D eigenvalue weighted by molar-refractivity contribution is -0.123. The van der Waals surface area contributed by atoms with Crippen LogP contribution in [0.25, 0.3) is 0 Å². The van der Waals surface area contributed by atoms with Gasteiger partial charge < -0.3 is 9.84 Å². The Balaban J connectivity index is 2.68. The molecule has 3 nitrogen and oxygen atoms in total. The first-order valence-corrected chi connectivity index (χ1v) is 4.46. The molecule has 3 heteroatoms. The largest absolute Gasteiger partial charge is 0.485 e. The number of aliphatic hydroxyl groups excluding tert-OH is 1. The van der Waals surface area contributed by atoms with Crippen molar-refractivity contribution in [2.75, 3.05) is 13.2 Å². The van der Waals surface area contributed by atoms with Crippen LogP contribution < -0.4 is 4.74 Å². The molecule has 0 amide bonds. The molecule has 1 rings (SSSR count). The maximum absolute atomic E-state index is 10.8. The van der Waals surface area contributed by atoms with Crippen molar-refractivity contribution in [3.8, 4) is 5.75 Å². The van der Waals surface area contributed by atoms with Crippen molar-refractivity contribution < 1.29 is 14.6 Å². The molecule has 0 aliphatic heterocycles. The molecule has 1 aromatic rings. The van der Waals surface area contributed by atoms with E-state index in [0.717, 1.165) is 11.1 Å². The zero-order valence-electron chi connectivity index (χ0n) is 8.41. The summed E-state index contributed by atoms with van der Waals surface area (Å²) in [7, 11) is 0. The minimum Gasteiger partial charge on any atom is -0.485 e. The Morgan fingerprint density at radius 2 is 2.14 bits per heavy atom. The zero-order valence-corrected chi connectivity index (χ0v) is 8.41. The summed E-state index contributed by atoms with van der Waals surface area (Å²) in [4.78, 5) is 10.8. The molecule has 14 heavy (non-hydrogen) atoms. The van der Waals surface area contributed by atoms with Gasteiger partial charge >= 0.3 is 0 Å². The van der Waals surface area contributed by atoms with Gasteiger partial charge in [0.25, 0.3) is 0 Å². The summed E-state index contributed by atoms with van der Waals surface area (Å²) in [6.45, 7) is 3.38. The number of ketones is 1. The van der Waals surface area contributed by atoms with Crippen LogP contribution in [0, 0.1) is 13.8 Å². The number of aliphatic hydroxyl groups is 1. The third kappa shape index (κ3) is 2.57. The second kappa shape index (κ2) is 4.77. The number of rotatable bonds is 4. The number of carbonyl (C=O) groups excluding carboxylic acids is 1. The number of aryl methyl sites for hydroxylation is 1. The van der Waals surface area contributed by atoms with E-state index in [4.69, 9.17) is 9.84 Å². The third-order valence-corrected chi connectivity index (χ3v) is 2.12. The van der Waals surface area contributed by atoms with Gasteiger partial charge in [-0.3, -0.25) is 4.79 Å². The smallest absolute Gasteiger partial charge is 0.195 e. The van der Waals surface area contributed by atoms with Gasteiger partial charge in [0.15, 0.2) is 5.78 Å². The van der Waals surface area contributed by atoms with Crippen LogP contribution in [0.5, 0.6) is 5.75 Å². The first kappa shape index (κ1) is 10.7. The standard InChI is InChI=1S/C11H14O3/c1-8-4-3-5-11(9(8)2)14-7-10(13)6-12/h3-5,12H,6-7H2,1-2H3. The van der Waals surface area contributed by atoms with Crippen LogP contribution in [0.15, 0.2) is 18.2 Å². The first-order chi connectivity index (χ1) is 6.65. The molecular formula is C11H14O3. The summed E-state index contributed by atoms with van der Waals surface area (Å²) in [5, 5.41) is 8.51. The average molecular weight is 194 g/mol. The molecule has 0 saturated heterocycles. The molecule has 0 unspecified atom stereocenters. The summed E-state index contributed by atoms with van der Waals surface area (Å²) >= 11 is 0. The Morgan fingerprint density at radius 1 is 1.43 bits per heavy atom. The van der Waals surface area contributed by atoms with Crippen LogP contribution in [-0.4, -0.2) is 24.1 Å². The molecule has 0 spiro atoms. The zero-order chi connectivity index (χ0) is 10.6. The van der Waals surface area contributed by atoms with Crippen molar-refractivity contribution in [1.82, 2.24) is 0 Å². The minimum atomic E-state index is -0.467. The molecule has 1 N–H and O–H groups in total. The van der Waals surface area contributed by atoms with E-state index < -0.39 is 6.61 Å². The van der Waals surface area contributed by atoms with E-state index in [9.17, 15) is 4.79 Å². The highest BCUT2D eigenvalue weighted by Gasteiger charge is 2.04. The number of hydrogen-bond acceptors (Lipinski definition) is 3. The molecule has 1 aromatic carbocycles. The highest BCUT2D eigenvalue weighted by Crippen LogP contribution is 2.20. The fourth-order valence-corrected chi connectivity index (χ4v) is 1.08. The van der Waals surface area contributed by atoms with Gasteiger partial charge in [0, 0.05) is 0 Å². The van der Waals surface area contributed by atoms with E-state index in [2.05, 4.69) is 0 Å². The quantitative estimate of drug-likeness (QED) is 0.784. The first-order valence-electron chi connectivity index (χ1n) is 4.46. The lowest BCUT2D eigenvalue weighted by Crippen LogP contribution is -2.15.